The highest BCUT2D eigenvalue weighted by atomic mass is 28.3. The van der Waals surface area contributed by atoms with Crippen LogP contribution in [0.5, 0.6) is 0 Å². The third kappa shape index (κ3) is 10.5. The van der Waals surface area contributed by atoms with Crippen LogP contribution in [0.3, 0.4) is 0 Å². The van der Waals surface area contributed by atoms with Crippen molar-refractivity contribution in [2.45, 2.75) is 117 Å². The van der Waals surface area contributed by atoms with Crippen molar-refractivity contribution < 1.29 is 0 Å². The molecule has 0 aromatic carbocycles. The zero-order chi connectivity index (χ0) is 24.4. The van der Waals surface area contributed by atoms with Crippen LogP contribution in [0.1, 0.15) is 41.5 Å². The minimum atomic E-state index is -1.61. The van der Waals surface area contributed by atoms with Gasteiger partial charge in [-0.05, 0) is 36.3 Å². The maximum Gasteiger partial charge on any atom is 0.210 e. The summed E-state index contributed by atoms with van der Waals surface area (Å²) in [5.74, 6) is 14.5. The van der Waals surface area contributed by atoms with Gasteiger partial charge in [-0.1, -0.05) is 105 Å². The van der Waals surface area contributed by atoms with Crippen LogP contribution in [0.25, 0.3) is 0 Å². The van der Waals surface area contributed by atoms with Gasteiger partial charge in [-0.2, -0.15) is 0 Å². The van der Waals surface area contributed by atoms with Crippen molar-refractivity contribution in [3.8, 4) is 45.9 Å². The summed E-state index contributed by atoms with van der Waals surface area (Å²) < 4.78 is 0. The average molecular weight is 485 g/mol. The molecule has 0 radical (unpaired) electrons. The van der Waals surface area contributed by atoms with E-state index in [1.807, 2.05) is 0 Å². The van der Waals surface area contributed by atoms with Gasteiger partial charge in [0, 0.05) is 0 Å². The molecule has 0 N–H and O–H groups in total. The van der Waals surface area contributed by atoms with Crippen LogP contribution in [0.2, 0.25) is 75.5 Å². The summed E-state index contributed by atoms with van der Waals surface area (Å²) in [5.41, 5.74) is 14.1. The van der Waals surface area contributed by atoms with E-state index in [2.05, 4.69) is 127 Å². The van der Waals surface area contributed by atoms with Gasteiger partial charge in [-0.15, -0.1) is 22.2 Å². The molecule has 0 atom stereocenters. The molecule has 31 heavy (non-hydrogen) atoms. The SMILES string of the molecule is CC[Si](C#CC(C#C[Si](C)(C)C)(C#C[Si](C)(C)C)C#C[Si](CC)(CC)CC)(CC)CC. The summed E-state index contributed by atoms with van der Waals surface area (Å²) in [4.78, 5) is 0. The van der Waals surface area contributed by atoms with Crippen molar-refractivity contribution in [2.75, 3.05) is 0 Å². The Morgan fingerprint density at radius 2 is 0.645 bits per heavy atom. The molecule has 0 saturated carbocycles. The molecule has 0 bridgehead atoms. The zero-order valence-corrected chi connectivity index (χ0v) is 26.7. The van der Waals surface area contributed by atoms with Crippen LogP contribution in [0, 0.1) is 51.3 Å². The minimum absolute atomic E-state index is 0.782. The van der Waals surface area contributed by atoms with Crippen molar-refractivity contribution in [3.63, 3.8) is 0 Å². The van der Waals surface area contributed by atoms with Gasteiger partial charge in [-0.3, -0.25) is 0 Å². The lowest BCUT2D eigenvalue weighted by molar-refractivity contribution is 0.988. The van der Waals surface area contributed by atoms with E-state index >= 15 is 0 Å². The number of hydrogen-bond acceptors (Lipinski definition) is 0. The normalized spacial score (nSPS) is 12.3. The summed E-state index contributed by atoms with van der Waals surface area (Å²) in [6, 6.07) is 7.15. The molecule has 0 heterocycles. The first kappa shape index (κ1) is 30.1. The van der Waals surface area contributed by atoms with Gasteiger partial charge in [0.1, 0.15) is 32.3 Å². The van der Waals surface area contributed by atoms with Crippen molar-refractivity contribution >= 4 is 32.3 Å². The standard InChI is InChI=1S/C27H48Si4/c1-13-30(14-2,15-3)25-21-27(19-23-28(7,8)9,20-24-29(10,11)12)22-26-31(16-4,17-5)18-6/h13-18H2,1-12H3. The van der Waals surface area contributed by atoms with Crippen LogP contribution < -0.4 is 0 Å². The summed E-state index contributed by atoms with van der Waals surface area (Å²) in [7, 11) is -6.36. The summed E-state index contributed by atoms with van der Waals surface area (Å²) in [6.45, 7) is 27.6. The second-order valence-corrected chi connectivity index (χ2v) is 30.3. The molecular formula is C27H48Si4. The van der Waals surface area contributed by atoms with Gasteiger partial charge in [0.2, 0.25) is 5.41 Å². The van der Waals surface area contributed by atoms with E-state index in [0.717, 1.165) is 0 Å². The van der Waals surface area contributed by atoms with Crippen molar-refractivity contribution in [1.82, 2.24) is 0 Å². The maximum absolute atomic E-state index is 3.81. The summed E-state index contributed by atoms with van der Waals surface area (Å²) in [5, 5.41) is 0. The van der Waals surface area contributed by atoms with Gasteiger partial charge < -0.3 is 0 Å². The van der Waals surface area contributed by atoms with Gasteiger partial charge in [0.25, 0.3) is 0 Å². The first-order valence-electron chi connectivity index (χ1n) is 12.4. The van der Waals surface area contributed by atoms with E-state index in [9.17, 15) is 0 Å². The van der Waals surface area contributed by atoms with Crippen LogP contribution in [-0.4, -0.2) is 32.3 Å². The molecule has 0 saturated heterocycles. The fourth-order valence-electron chi connectivity index (χ4n) is 3.23. The van der Waals surface area contributed by atoms with Crippen molar-refractivity contribution in [3.05, 3.63) is 0 Å². The minimum Gasteiger partial charge on any atom is -0.128 e. The summed E-state index contributed by atoms with van der Waals surface area (Å²) >= 11 is 0. The van der Waals surface area contributed by atoms with Crippen LogP contribution in [0.4, 0.5) is 0 Å². The molecule has 0 spiro atoms. The predicted molar refractivity (Wildman–Crippen MR) is 155 cm³/mol. The van der Waals surface area contributed by atoms with Gasteiger partial charge >= 0.3 is 0 Å². The highest BCUT2D eigenvalue weighted by Gasteiger charge is 2.30. The lowest BCUT2D eigenvalue weighted by Crippen LogP contribution is -2.32. The first-order chi connectivity index (χ1) is 14.2. The zero-order valence-electron chi connectivity index (χ0n) is 22.7. The Hall–Kier alpha value is -0.892. The van der Waals surface area contributed by atoms with Gasteiger partial charge in [0.05, 0.1) is 0 Å². The third-order valence-electron chi connectivity index (χ3n) is 6.34. The molecule has 0 aliphatic carbocycles. The second-order valence-electron chi connectivity index (χ2n) is 10.9. The molecule has 0 rings (SSSR count). The van der Waals surface area contributed by atoms with E-state index in [-0.39, 0.29) is 0 Å². The van der Waals surface area contributed by atoms with E-state index in [4.69, 9.17) is 0 Å². The molecule has 0 fully saturated rings. The van der Waals surface area contributed by atoms with Gasteiger partial charge in [-0.25, -0.2) is 0 Å². The molecule has 172 valence electrons. The molecular weight excluding hydrogens is 437 g/mol. The highest BCUT2D eigenvalue weighted by Crippen LogP contribution is 2.24. The van der Waals surface area contributed by atoms with Crippen molar-refractivity contribution in [1.29, 1.82) is 0 Å². The average Bonchev–Trinajstić information content (AvgIpc) is 2.72. The van der Waals surface area contributed by atoms with E-state index in [1.54, 1.807) is 0 Å². The Labute approximate surface area is 200 Å². The van der Waals surface area contributed by atoms with E-state index in [0.29, 0.717) is 0 Å². The predicted octanol–water partition coefficient (Wildman–Crippen LogP) is 7.84. The fraction of sp³-hybridized carbons (Fsp3) is 0.704. The Balaban J connectivity index is 7.20. The smallest absolute Gasteiger partial charge is 0.128 e. The van der Waals surface area contributed by atoms with E-state index in [1.165, 1.54) is 36.3 Å². The first-order valence-corrected chi connectivity index (χ1v) is 24.6. The molecule has 0 nitrogen and oxygen atoms in total. The molecule has 0 unspecified atom stereocenters. The lowest BCUT2D eigenvalue weighted by Gasteiger charge is -2.23. The van der Waals surface area contributed by atoms with E-state index < -0.39 is 37.7 Å². The number of hydrogen-bond donors (Lipinski definition) is 0. The number of rotatable bonds is 6. The molecule has 0 aromatic heterocycles. The second kappa shape index (κ2) is 12.4. The highest BCUT2D eigenvalue weighted by molar-refractivity contribution is 6.88. The maximum atomic E-state index is 3.81. The third-order valence-corrected chi connectivity index (χ3v) is 17.5. The summed E-state index contributed by atoms with van der Waals surface area (Å²) in [6.07, 6.45) is 0. The fourth-order valence-corrected chi connectivity index (χ4v) is 9.32. The largest absolute Gasteiger partial charge is 0.210 e. The quantitative estimate of drug-likeness (QED) is 0.266. The Morgan fingerprint density at radius 1 is 0.419 bits per heavy atom. The Morgan fingerprint density at radius 3 is 0.839 bits per heavy atom. The monoisotopic (exact) mass is 484 g/mol. The Kier molecular flexibility index (Phi) is 12.0. The molecule has 0 aliphatic heterocycles. The van der Waals surface area contributed by atoms with Crippen LogP contribution in [-0.2, 0) is 0 Å². The van der Waals surface area contributed by atoms with Crippen LogP contribution >= 0.6 is 0 Å². The van der Waals surface area contributed by atoms with Crippen molar-refractivity contribution in [2.24, 2.45) is 5.41 Å². The molecule has 0 amide bonds. The Bertz CT molecular complexity index is 727. The topological polar surface area (TPSA) is 0 Å². The van der Waals surface area contributed by atoms with Crippen LogP contribution in [0.15, 0.2) is 0 Å². The van der Waals surface area contributed by atoms with Gasteiger partial charge in [0.15, 0.2) is 0 Å². The molecule has 0 aliphatic rings. The molecule has 4 heteroatoms. The lowest BCUT2D eigenvalue weighted by atomic mass is 9.93. The molecule has 0 aromatic rings.